The number of nitrogens with zero attached hydrogens (tertiary/aromatic N) is 2. The quantitative estimate of drug-likeness (QED) is 0.530. The maximum Gasteiger partial charge on any atom is 0.161 e. The zero-order chi connectivity index (χ0) is 10.6. The van der Waals surface area contributed by atoms with Crippen LogP contribution in [0.1, 0.15) is 17.3 Å². The fourth-order valence-corrected chi connectivity index (χ4v) is 1.04. The summed E-state index contributed by atoms with van der Waals surface area (Å²) < 4.78 is 0. The van der Waals surface area contributed by atoms with Gasteiger partial charge in [-0.2, -0.15) is 0 Å². The van der Waals surface area contributed by atoms with Crippen molar-refractivity contribution in [1.29, 1.82) is 0 Å². The first-order valence-electron chi connectivity index (χ1n) is 4.26. The van der Waals surface area contributed by atoms with Crippen LogP contribution < -0.4 is 4.90 Å². The number of Topliss-reactive ketones (excluding diaryl/α,β-unsaturated/α-hetero) is 1. The number of hydrogen-bond donors (Lipinski definition) is 0. The Morgan fingerprint density at radius 2 is 2.36 bits per heavy atom. The Labute approximate surface area is 83.8 Å². The highest BCUT2D eigenvalue weighted by atomic mass is 16.1. The molecule has 3 nitrogen and oxygen atoms in total. The molecule has 1 aromatic heterocycles. The molecule has 0 aliphatic carbocycles. The number of ketones is 1. The molecule has 72 valence electrons. The zero-order valence-electron chi connectivity index (χ0n) is 8.32. The van der Waals surface area contributed by atoms with Gasteiger partial charge in [-0.3, -0.25) is 4.79 Å². The Morgan fingerprint density at radius 3 is 2.79 bits per heavy atom. The van der Waals surface area contributed by atoms with Crippen molar-refractivity contribution in [1.82, 2.24) is 4.98 Å². The molecular formula is C11H12N2O. The topological polar surface area (TPSA) is 33.2 Å². The molecule has 0 atom stereocenters. The molecule has 0 aromatic carbocycles. The molecule has 0 fully saturated rings. The van der Waals surface area contributed by atoms with E-state index in [-0.39, 0.29) is 5.78 Å². The maximum absolute atomic E-state index is 11.0. The highest BCUT2D eigenvalue weighted by Crippen LogP contribution is 2.09. The molecule has 0 saturated carbocycles. The number of anilines is 1. The predicted molar refractivity (Wildman–Crippen MR) is 56.3 cm³/mol. The van der Waals surface area contributed by atoms with Gasteiger partial charge in [-0.15, -0.1) is 6.42 Å². The average Bonchev–Trinajstić information content (AvgIpc) is 2.18. The Kier molecular flexibility index (Phi) is 3.24. The van der Waals surface area contributed by atoms with E-state index in [1.54, 1.807) is 18.3 Å². The number of carbonyl (C=O) groups excluding carboxylic acids is 1. The molecule has 3 heteroatoms. The Morgan fingerprint density at radius 1 is 1.64 bits per heavy atom. The van der Waals surface area contributed by atoms with Crippen molar-refractivity contribution in [2.45, 2.75) is 6.92 Å². The standard InChI is InChI=1S/C11H12N2O/c1-4-7-13(3)11-6-5-10(8-12-11)9(2)14/h1,5-6,8H,7H2,2-3H3. The number of carbonyl (C=O) groups is 1. The SMILES string of the molecule is C#CCN(C)c1ccc(C(C)=O)cn1. The van der Waals surface area contributed by atoms with Gasteiger partial charge in [0, 0.05) is 18.8 Å². The molecule has 0 bridgehead atoms. The smallest absolute Gasteiger partial charge is 0.161 e. The zero-order valence-corrected chi connectivity index (χ0v) is 8.32. The summed E-state index contributed by atoms with van der Waals surface area (Å²) >= 11 is 0. The minimum Gasteiger partial charge on any atom is -0.349 e. The van der Waals surface area contributed by atoms with E-state index < -0.39 is 0 Å². The summed E-state index contributed by atoms with van der Waals surface area (Å²) in [6.45, 7) is 2.02. The second-order valence-electron chi connectivity index (χ2n) is 3.02. The van der Waals surface area contributed by atoms with Gasteiger partial charge in [0.2, 0.25) is 0 Å². The van der Waals surface area contributed by atoms with Gasteiger partial charge < -0.3 is 4.90 Å². The van der Waals surface area contributed by atoms with Crippen LogP contribution in [0.4, 0.5) is 5.82 Å². The molecule has 0 N–H and O–H groups in total. The van der Waals surface area contributed by atoms with E-state index in [0.29, 0.717) is 12.1 Å². The van der Waals surface area contributed by atoms with Crippen molar-refractivity contribution in [2.75, 3.05) is 18.5 Å². The van der Waals surface area contributed by atoms with E-state index in [1.807, 2.05) is 11.9 Å². The van der Waals surface area contributed by atoms with Crippen molar-refractivity contribution >= 4 is 11.6 Å². The van der Waals surface area contributed by atoms with E-state index in [9.17, 15) is 4.79 Å². The van der Waals surface area contributed by atoms with Gasteiger partial charge in [0.05, 0.1) is 6.54 Å². The average molecular weight is 188 g/mol. The fourth-order valence-electron chi connectivity index (χ4n) is 1.04. The van der Waals surface area contributed by atoms with Gasteiger partial charge in [-0.05, 0) is 19.1 Å². The number of rotatable bonds is 3. The molecule has 0 aliphatic heterocycles. The van der Waals surface area contributed by atoms with Crippen molar-refractivity contribution in [2.24, 2.45) is 0 Å². The van der Waals surface area contributed by atoms with E-state index in [0.717, 1.165) is 5.82 Å². The van der Waals surface area contributed by atoms with Gasteiger partial charge in [-0.25, -0.2) is 4.98 Å². The van der Waals surface area contributed by atoms with Crippen LogP contribution in [0.3, 0.4) is 0 Å². The minimum atomic E-state index is 0.0173. The third-order valence-electron chi connectivity index (χ3n) is 1.87. The van der Waals surface area contributed by atoms with Gasteiger partial charge in [0.1, 0.15) is 5.82 Å². The highest BCUT2D eigenvalue weighted by molar-refractivity contribution is 5.93. The number of aromatic nitrogens is 1. The lowest BCUT2D eigenvalue weighted by molar-refractivity contribution is 0.101. The van der Waals surface area contributed by atoms with Crippen molar-refractivity contribution < 1.29 is 4.79 Å². The van der Waals surface area contributed by atoms with Gasteiger partial charge in [0.25, 0.3) is 0 Å². The van der Waals surface area contributed by atoms with Crippen LogP contribution in [0.15, 0.2) is 18.3 Å². The third kappa shape index (κ3) is 2.33. The first kappa shape index (κ1) is 10.3. The van der Waals surface area contributed by atoms with Crippen LogP contribution in [0.25, 0.3) is 0 Å². The van der Waals surface area contributed by atoms with Crippen LogP contribution in [-0.4, -0.2) is 24.4 Å². The van der Waals surface area contributed by atoms with Crippen LogP contribution in [0, 0.1) is 12.3 Å². The van der Waals surface area contributed by atoms with Crippen LogP contribution in [-0.2, 0) is 0 Å². The minimum absolute atomic E-state index is 0.0173. The monoisotopic (exact) mass is 188 g/mol. The summed E-state index contributed by atoms with van der Waals surface area (Å²) in [5.74, 6) is 3.31. The van der Waals surface area contributed by atoms with E-state index in [1.165, 1.54) is 6.92 Å². The summed E-state index contributed by atoms with van der Waals surface area (Å²) in [5, 5.41) is 0. The van der Waals surface area contributed by atoms with Gasteiger partial charge in [0.15, 0.2) is 5.78 Å². The van der Waals surface area contributed by atoms with E-state index in [4.69, 9.17) is 6.42 Å². The summed E-state index contributed by atoms with van der Waals surface area (Å²) in [7, 11) is 1.86. The summed E-state index contributed by atoms with van der Waals surface area (Å²) in [4.78, 5) is 16.9. The lowest BCUT2D eigenvalue weighted by Crippen LogP contribution is -2.18. The van der Waals surface area contributed by atoms with E-state index >= 15 is 0 Å². The second-order valence-corrected chi connectivity index (χ2v) is 3.02. The van der Waals surface area contributed by atoms with Crippen LogP contribution in [0.5, 0.6) is 0 Å². The summed E-state index contributed by atoms with van der Waals surface area (Å²) in [6.07, 6.45) is 6.73. The Balaban J connectivity index is 2.84. The second kappa shape index (κ2) is 4.43. The third-order valence-corrected chi connectivity index (χ3v) is 1.87. The first-order valence-corrected chi connectivity index (χ1v) is 4.26. The number of terminal acetylenes is 1. The molecule has 1 heterocycles. The van der Waals surface area contributed by atoms with Gasteiger partial charge >= 0.3 is 0 Å². The molecule has 0 aliphatic rings. The van der Waals surface area contributed by atoms with Crippen LogP contribution >= 0.6 is 0 Å². The largest absolute Gasteiger partial charge is 0.349 e. The molecule has 1 aromatic rings. The summed E-state index contributed by atoms with van der Waals surface area (Å²) in [6, 6.07) is 3.53. The van der Waals surface area contributed by atoms with Gasteiger partial charge in [-0.1, -0.05) is 5.92 Å². The first-order chi connectivity index (χ1) is 6.65. The maximum atomic E-state index is 11.0. The lowest BCUT2D eigenvalue weighted by Gasteiger charge is -2.14. The molecular weight excluding hydrogens is 176 g/mol. The molecule has 0 amide bonds. The number of hydrogen-bond acceptors (Lipinski definition) is 3. The predicted octanol–water partition coefficient (Wildman–Crippen LogP) is 1.35. The molecule has 0 saturated heterocycles. The Bertz CT molecular complexity index is 362. The Hall–Kier alpha value is -1.82. The lowest BCUT2D eigenvalue weighted by atomic mass is 10.2. The van der Waals surface area contributed by atoms with E-state index in [2.05, 4.69) is 10.9 Å². The molecule has 1 rings (SSSR count). The molecule has 0 radical (unpaired) electrons. The number of pyridine rings is 1. The van der Waals surface area contributed by atoms with Crippen molar-refractivity contribution in [3.63, 3.8) is 0 Å². The molecule has 0 spiro atoms. The molecule has 0 unspecified atom stereocenters. The summed E-state index contributed by atoms with van der Waals surface area (Å²) in [5.41, 5.74) is 0.614. The fraction of sp³-hybridized carbons (Fsp3) is 0.273. The molecule has 14 heavy (non-hydrogen) atoms. The normalized spacial score (nSPS) is 9.21. The van der Waals surface area contributed by atoms with Crippen molar-refractivity contribution in [3.8, 4) is 12.3 Å². The van der Waals surface area contributed by atoms with Crippen LogP contribution in [0.2, 0.25) is 0 Å². The van der Waals surface area contributed by atoms with Crippen molar-refractivity contribution in [3.05, 3.63) is 23.9 Å². The highest BCUT2D eigenvalue weighted by Gasteiger charge is 2.02.